The molecular weight excluding hydrogens is 558 g/mol. The third-order valence-corrected chi connectivity index (χ3v) is 8.25. The van der Waals surface area contributed by atoms with Gasteiger partial charge in [-0.3, -0.25) is 13.9 Å². The van der Waals surface area contributed by atoms with Crippen molar-refractivity contribution in [2.75, 3.05) is 23.7 Å². The van der Waals surface area contributed by atoms with Gasteiger partial charge in [-0.05, 0) is 53.3 Å². The highest BCUT2D eigenvalue weighted by Gasteiger charge is 2.33. The number of sulfonamides is 1. The number of rotatable bonds is 14. The van der Waals surface area contributed by atoms with Crippen molar-refractivity contribution in [1.82, 2.24) is 10.2 Å². The van der Waals surface area contributed by atoms with E-state index in [2.05, 4.69) is 19.2 Å². The van der Waals surface area contributed by atoms with E-state index < -0.39 is 28.5 Å². The lowest BCUT2D eigenvalue weighted by Crippen LogP contribution is -2.53. The lowest BCUT2D eigenvalue weighted by molar-refractivity contribution is -0.140. The second-order valence-electron chi connectivity index (χ2n) is 10.5. The van der Waals surface area contributed by atoms with Crippen molar-refractivity contribution in [3.05, 3.63) is 101 Å². The number of anilines is 1. The maximum atomic E-state index is 14.1. The van der Waals surface area contributed by atoms with Crippen LogP contribution in [0.2, 0.25) is 5.02 Å². The second kappa shape index (κ2) is 15.0. The Kier molecular flexibility index (Phi) is 11.8. The predicted molar refractivity (Wildman–Crippen MR) is 167 cm³/mol. The summed E-state index contributed by atoms with van der Waals surface area (Å²) >= 11 is 6.25. The van der Waals surface area contributed by atoms with E-state index in [-0.39, 0.29) is 24.8 Å². The second-order valence-corrected chi connectivity index (χ2v) is 12.9. The Morgan fingerprint density at radius 2 is 1.59 bits per heavy atom. The Morgan fingerprint density at radius 1 is 0.927 bits per heavy atom. The minimum Gasteiger partial charge on any atom is -0.354 e. The smallest absolute Gasteiger partial charge is 0.244 e. The summed E-state index contributed by atoms with van der Waals surface area (Å²) in [7, 11) is -3.82. The van der Waals surface area contributed by atoms with Crippen LogP contribution in [-0.2, 0) is 32.6 Å². The first-order chi connectivity index (χ1) is 19.5. The SMILES string of the molecule is CCCCNC(=O)[C@@H](Cc1ccccc1)N(Cc1cccc(Cl)c1)C(=O)CN(c1ccc(C(C)C)cc1)S(C)(=O)=O. The molecule has 0 aliphatic rings. The molecule has 0 aliphatic carbocycles. The summed E-state index contributed by atoms with van der Waals surface area (Å²) < 4.78 is 27.0. The number of benzene rings is 3. The molecular formula is C32H40ClN3O4S. The van der Waals surface area contributed by atoms with E-state index in [9.17, 15) is 18.0 Å². The zero-order valence-corrected chi connectivity index (χ0v) is 25.8. The van der Waals surface area contributed by atoms with Crippen LogP contribution in [0.1, 0.15) is 56.2 Å². The number of carbonyl (C=O) groups is 2. The average molecular weight is 598 g/mol. The molecule has 3 aromatic carbocycles. The van der Waals surface area contributed by atoms with Gasteiger partial charge >= 0.3 is 0 Å². The van der Waals surface area contributed by atoms with Gasteiger partial charge < -0.3 is 10.2 Å². The summed E-state index contributed by atoms with van der Waals surface area (Å²) in [5, 5.41) is 3.48. The summed E-state index contributed by atoms with van der Waals surface area (Å²) in [6.07, 6.45) is 3.07. The molecule has 0 aliphatic heterocycles. The highest BCUT2D eigenvalue weighted by Crippen LogP contribution is 2.24. The quantitative estimate of drug-likeness (QED) is 0.238. The van der Waals surface area contributed by atoms with Crippen molar-refractivity contribution in [3.63, 3.8) is 0 Å². The van der Waals surface area contributed by atoms with E-state index in [4.69, 9.17) is 11.6 Å². The van der Waals surface area contributed by atoms with E-state index in [0.29, 0.717) is 17.3 Å². The number of amides is 2. The molecule has 0 saturated carbocycles. The van der Waals surface area contributed by atoms with Crippen molar-refractivity contribution in [1.29, 1.82) is 0 Å². The van der Waals surface area contributed by atoms with Crippen LogP contribution in [0, 0.1) is 0 Å². The van der Waals surface area contributed by atoms with Gasteiger partial charge in [0, 0.05) is 24.5 Å². The summed E-state index contributed by atoms with van der Waals surface area (Å²) in [4.78, 5) is 29.2. The monoisotopic (exact) mass is 597 g/mol. The highest BCUT2D eigenvalue weighted by atomic mass is 35.5. The Bertz CT molecular complexity index is 1400. The van der Waals surface area contributed by atoms with Crippen LogP contribution in [0.4, 0.5) is 5.69 Å². The van der Waals surface area contributed by atoms with Crippen molar-refractivity contribution in [2.45, 2.75) is 58.5 Å². The van der Waals surface area contributed by atoms with Gasteiger partial charge in [0.25, 0.3) is 0 Å². The van der Waals surface area contributed by atoms with Crippen LogP contribution in [0.25, 0.3) is 0 Å². The molecule has 2 amide bonds. The zero-order chi connectivity index (χ0) is 30.0. The molecule has 0 bridgehead atoms. The van der Waals surface area contributed by atoms with Crippen molar-refractivity contribution >= 4 is 39.1 Å². The molecule has 1 N–H and O–H groups in total. The maximum Gasteiger partial charge on any atom is 0.244 e. The molecule has 1 atom stereocenters. The normalized spacial score (nSPS) is 12.1. The number of unbranched alkanes of at least 4 members (excludes halogenated alkanes) is 1. The maximum absolute atomic E-state index is 14.1. The zero-order valence-electron chi connectivity index (χ0n) is 24.2. The summed E-state index contributed by atoms with van der Waals surface area (Å²) in [5.74, 6) is -0.504. The molecule has 0 heterocycles. The summed E-state index contributed by atoms with van der Waals surface area (Å²) in [6, 6.07) is 22.9. The van der Waals surface area contributed by atoms with Gasteiger partial charge in [-0.2, -0.15) is 0 Å². The van der Waals surface area contributed by atoms with E-state index in [1.54, 1.807) is 30.3 Å². The number of hydrogen-bond donors (Lipinski definition) is 1. The van der Waals surface area contributed by atoms with Gasteiger partial charge in [0.1, 0.15) is 12.6 Å². The number of nitrogens with one attached hydrogen (secondary N) is 1. The van der Waals surface area contributed by atoms with Gasteiger partial charge in [0.15, 0.2) is 0 Å². The molecule has 0 saturated heterocycles. The molecule has 0 fully saturated rings. The highest BCUT2D eigenvalue weighted by molar-refractivity contribution is 7.92. The molecule has 0 radical (unpaired) electrons. The van der Waals surface area contributed by atoms with E-state index in [1.807, 2.05) is 55.5 Å². The number of nitrogens with zero attached hydrogens (tertiary/aromatic N) is 2. The molecule has 0 aromatic heterocycles. The van der Waals surface area contributed by atoms with Crippen LogP contribution in [0.5, 0.6) is 0 Å². The third-order valence-electron chi connectivity index (χ3n) is 6.87. The summed E-state index contributed by atoms with van der Waals surface area (Å²) in [6.45, 7) is 6.27. The molecule has 7 nitrogen and oxygen atoms in total. The van der Waals surface area contributed by atoms with E-state index in [0.717, 1.165) is 40.1 Å². The molecule has 0 spiro atoms. The Labute approximate surface area is 249 Å². The first kappa shape index (κ1) is 32.2. The molecule has 3 aromatic rings. The molecule has 9 heteroatoms. The fraction of sp³-hybridized carbons (Fsp3) is 0.375. The minimum absolute atomic E-state index is 0.0853. The van der Waals surface area contributed by atoms with Crippen LogP contribution >= 0.6 is 11.6 Å². The average Bonchev–Trinajstić information content (AvgIpc) is 2.93. The van der Waals surface area contributed by atoms with Crippen molar-refractivity contribution in [2.24, 2.45) is 0 Å². The van der Waals surface area contributed by atoms with Crippen molar-refractivity contribution < 1.29 is 18.0 Å². The van der Waals surface area contributed by atoms with Gasteiger partial charge in [0.05, 0.1) is 11.9 Å². The first-order valence-electron chi connectivity index (χ1n) is 13.9. The molecule has 3 rings (SSSR count). The largest absolute Gasteiger partial charge is 0.354 e. The van der Waals surface area contributed by atoms with Crippen molar-refractivity contribution in [3.8, 4) is 0 Å². The van der Waals surface area contributed by atoms with Crippen LogP contribution in [0.3, 0.4) is 0 Å². The number of carbonyl (C=O) groups excluding carboxylic acids is 2. The fourth-order valence-corrected chi connectivity index (χ4v) is 5.59. The van der Waals surface area contributed by atoms with E-state index >= 15 is 0 Å². The molecule has 41 heavy (non-hydrogen) atoms. The van der Waals surface area contributed by atoms with Gasteiger partial charge in [-0.25, -0.2) is 8.42 Å². The van der Waals surface area contributed by atoms with Gasteiger partial charge in [0.2, 0.25) is 21.8 Å². The predicted octanol–water partition coefficient (Wildman–Crippen LogP) is 5.79. The van der Waals surface area contributed by atoms with Gasteiger partial charge in [-0.15, -0.1) is 0 Å². The van der Waals surface area contributed by atoms with Crippen LogP contribution < -0.4 is 9.62 Å². The topological polar surface area (TPSA) is 86.8 Å². The first-order valence-corrected chi connectivity index (χ1v) is 16.2. The van der Waals surface area contributed by atoms with Crippen LogP contribution in [0.15, 0.2) is 78.9 Å². The number of halogens is 1. The minimum atomic E-state index is -3.82. The lowest BCUT2D eigenvalue weighted by atomic mass is 10.0. The standard InChI is InChI=1S/C32H40ClN3O4S/c1-5-6-19-34-32(38)30(21-25-11-8-7-9-12-25)35(22-26-13-10-14-28(33)20-26)31(37)23-36(41(4,39)40)29-17-15-27(16-18-29)24(2)3/h7-18,20,24,30H,5-6,19,21-23H2,1-4H3,(H,34,38)/t30-/m1/s1. The number of hydrogen-bond acceptors (Lipinski definition) is 4. The molecule has 0 unspecified atom stereocenters. The lowest BCUT2D eigenvalue weighted by Gasteiger charge is -2.33. The van der Waals surface area contributed by atoms with Gasteiger partial charge in [-0.1, -0.05) is 93.4 Å². The Balaban J connectivity index is 2.02. The van der Waals surface area contributed by atoms with Crippen LogP contribution in [-0.4, -0.2) is 50.5 Å². The Morgan fingerprint density at radius 3 is 2.17 bits per heavy atom. The Hall–Kier alpha value is -3.36. The van der Waals surface area contributed by atoms with E-state index in [1.165, 1.54) is 4.90 Å². The fourth-order valence-electron chi connectivity index (χ4n) is 4.53. The molecule has 220 valence electrons. The summed E-state index contributed by atoms with van der Waals surface area (Å²) in [5.41, 5.74) is 3.07. The third kappa shape index (κ3) is 9.61.